The number of carbonyl (C=O) groups is 1. The van der Waals surface area contributed by atoms with Gasteiger partial charge in [-0.3, -0.25) is 9.78 Å². The Morgan fingerprint density at radius 2 is 1.96 bits per heavy atom. The van der Waals surface area contributed by atoms with Crippen LogP contribution < -0.4 is 5.32 Å². The van der Waals surface area contributed by atoms with Gasteiger partial charge in [-0.05, 0) is 42.8 Å². The minimum atomic E-state index is -3.72. The summed E-state index contributed by atoms with van der Waals surface area (Å²) in [5.74, 6) is 0.0270. The van der Waals surface area contributed by atoms with Gasteiger partial charge in [-0.2, -0.15) is 0 Å². The summed E-state index contributed by atoms with van der Waals surface area (Å²) in [6, 6.07) is 10.3. The van der Waals surface area contributed by atoms with Crippen LogP contribution in [0.1, 0.15) is 27.4 Å². The number of nitrogens with one attached hydrogen (secondary N) is 1. The topological polar surface area (TPSA) is 102 Å². The fourth-order valence-electron chi connectivity index (χ4n) is 2.40. The van der Waals surface area contributed by atoms with Crippen molar-refractivity contribution in [3.8, 4) is 11.5 Å². The van der Waals surface area contributed by atoms with Crippen LogP contribution in [0.3, 0.4) is 0 Å². The van der Waals surface area contributed by atoms with Crippen molar-refractivity contribution in [3.63, 3.8) is 0 Å². The molecule has 0 aliphatic carbocycles. The van der Waals surface area contributed by atoms with Crippen molar-refractivity contribution >= 4 is 25.6 Å². The molecule has 3 aromatic rings. The predicted octanol–water partition coefficient (Wildman–Crippen LogP) is 3.04. The van der Waals surface area contributed by atoms with Crippen molar-refractivity contribution in [2.45, 2.75) is 19.2 Å². The first kappa shape index (κ1) is 19.1. The van der Waals surface area contributed by atoms with E-state index in [2.05, 4.69) is 15.3 Å². The number of oxazole rings is 1. The third kappa shape index (κ3) is 5.15. The van der Waals surface area contributed by atoms with E-state index in [1.54, 1.807) is 49.6 Å². The minimum Gasteiger partial charge on any atom is -0.441 e. The summed E-state index contributed by atoms with van der Waals surface area (Å²) in [5.41, 5.74) is 2.27. The summed E-state index contributed by atoms with van der Waals surface area (Å²) in [7, 11) is 1.54. The molecular formula is C18H16ClN3O4S. The van der Waals surface area contributed by atoms with Gasteiger partial charge >= 0.3 is 0 Å². The Balaban J connectivity index is 1.70. The van der Waals surface area contributed by atoms with Crippen LogP contribution in [0.25, 0.3) is 11.5 Å². The highest BCUT2D eigenvalue weighted by atomic mass is 35.7. The van der Waals surface area contributed by atoms with Gasteiger partial charge in [-0.25, -0.2) is 13.4 Å². The molecule has 0 aliphatic heterocycles. The van der Waals surface area contributed by atoms with Crippen LogP contribution in [0.4, 0.5) is 0 Å². The number of nitrogens with zero attached hydrogens (tertiary/aromatic N) is 2. The second kappa shape index (κ2) is 7.89. The van der Waals surface area contributed by atoms with E-state index in [1.807, 2.05) is 6.07 Å². The fraction of sp³-hybridized carbons (Fsp3) is 0.167. The molecule has 1 N–H and O–H groups in total. The highest BCUT2D eigenvalue weighted by molar-refractivity contribution is 8.13. The van der Waals surface area contributed by atoms with Crippen molar-refractivity contribution in [1.29, 1.82) is 0 Å². The van der Waals surface area contributed by atoms with Crippen molar-refractivity contribution < 1.29 is 17.6 Å². The summed E-state index contributed by atoms with van der Waals surface area (Å²) in [5, 5.41) is 2.81. The molecule has 140 valence electrons. The maximum Gasteiger partial charge on any atom is 0.251 e. The number of amides is 1. The fourth-order valence-corrected chi connectivity index (χ4v) is 3.30. The standard InChI is InChI=1S/C18H16ClN3O4S/c1-12-16(11-27(19,24)25)22-18(26-12)15-6-4-14(5-7-15)17(23)21-10-13-3-2-8-20-9-13/h2-9H,10-11H2,1H3,(H,21,23). The van der Waals surface area contributed by atoms with Gasteiger partial charge < -0.3 is 9.73 Å². The lowest BCUT2D eigenvalue weighted by atomic mass is 10.1. The molecular weight excluding hydrogens is 390 g/mol. The van der Waals surface area contributed by atoms with E-state index in [1.165, 1.54) is 0 Å². The molecule has 0 atom stereocenters. The number of rotatable bonds is 6. The number of aromatic nitrogens is 2. The third-order valence-electron chi connectivity index (χ3n) is 3.77. The Labute approximate surface area is 160 Å². The monoisotopic (exact) mass is 405 g/mol. The Morgan fingerprint density at radius 3 is 2.59 bits per heavy atom. The number of benzene rings is 1. The summed E-state index contributed by atoms with van der Waals surface area (Å²) in [6.45, 7) is 2.00. The maximum absolute atomic E-state index is 12.2. The quantitative estimate of drug-likeness (QED) is 0.632. The lowest BCUT2D eigenvalue weighted by molar-refractivity contribution is 0.0951. The Hall–Kier alpha value is -2.71. The number of hydrogen-bond acceptors (Lipinski definition) is 6. The van der Waals surface area contributed by atoms with E-state index < -0.39 is 14.8 Å². The average Bonchev–Trinajstić information content (AvgIpc) is 2.99. The Bertz CT molecular complexity index is 1050. The number of hydrogen-bond donors (Lipinski definition) is 1. The Kier molecular flexibility index (Phi) is 5.57. The van der Waals surface area contributed by atoms with Gasteiger partial charge in [0.1, 0.15) is 11.5 Å². The molecule has 0 bridgehead atoms. The van der Waals surface area contributed by atoms with Crippen LogP contribution >= 0.6 is 10.7 Å². The molecule has 3 rings (SSSR count). The van der Waals surface area contributed by atoms with Crippen LogP contribution in [0.2, 0.25) is 0 Å². The van der Waals surface area contributed by atoms with Gasteiger partial charge in [-0.15, -0.1) is 0 Å². The molecule has 0 saturated carbocycles. The molecule has 1 aromatic carbocycles. The number of halogens is 1. The van der Waals surface area contributed by atoms with Gasteiger partial charge in [0, 0.05) is 40.7 Å². The van der Waals surface area contributed by atoms with Gasteiger partial charge in [0.25, 0.3) is 5.91 Å². The molecule has 0 aliphatic rings. The molecule has 7 nitrogen and oxygen atoms in total. The SMILES string of the molecule is Cc1oc(-c2ccc(C(=O)NCc3cccnc3)cc2)nc1CS(=O)(=O)Cl. The summed E-state index contributed by atoms with van der Waals surface area (Å²) < 4.78 is 27.9. The van der Waals surface area contributed by atoms with E-state index >= 15 is 0 Å². The number of carbonyl (C=O) groups excluding carboxylic acids is 1. The summed E-state index contributed by atoms with van der Waals surface area (Å²) >= 11 is 0. The van der Waals surface area contributed by atoms with Gasteiger partial charge in [0.2, 0.25) is 14.9 Å². The molecule has 0 saturated heterocycles. The van der Waals surface area contributed by atoms with E-state index in [9.17, 15) is 13.2 Å². The highest BCUT2D eigenvalue weighted by Gasteiger charge is 2.17. The summed E-state index contributed by atoms with van der Waals surface area (Å²) in [4.78, 5) is 20.4. The minimum absolute atomic E-state index is 0.220. The number of pyridine rings is 1. The zero-order chi connectivity index (χ0) is 19.4. The first-order valence-corrected chi connectivity index (χ1v) is 10.5. The lowest BCUT2D eigenvalue weighted by Gasteiger charge is -2.05. The maximum atomic E-state index is 12.2. The van der Waals surface area contributed by atoms with Crippen molar-refractivity contribution in [1.82, 2.24) is 15.3 Å². The zero-order valence-corrected chi connectivity index (χ0v) is 15.9. The van der Waals surface area contributed by atoms with Crippen molar-refractivity contribution in [2.75, 3.05) is 0 Å². The lowest BCUT2D eigenvalue weighted by Crippen LogP contribution is -2.22. The van der Waals surface area contributed by atoms with Crippen LogP contribution in [0, 0.1) is 6.92 Å². The van der Waals surface area contributed by atoms with Crippen molar-refractivity contribution in [3.05, 3.63) is 71.4 Å². The molecule has 0 spiro atoms. The second-order valence-electron chi connectivity index (χ2n) is 5.83. The molecule has 9 heteroatoms. The molecule has 0 radical (unpaired) electrons. The Morgan fingerprint density at radius 1 is 1.22 bits per heavy atom. The van der Waals surface area contributed by atoms with Gasteiger partial charge in [0.05, 0.1) is 5.69 Å². The van der Waals surface area contributed by atoms with E-state index in [0.29, 0.717) is 23.4 Å². The van der Waals surface area contributed by atoms with Crippen LogP contribution in [-0.2, 0) is 21.3 Å². The number of aryl methyl sites for hydroxylation is 1. The van der Waals surface area contributed by atoms with Crippen LogP contribution in [-0.4, -0.2) is 24.3 Å². The van der Waals surface area contributed by atoms with E-state index in [-0.39, 0.29) is 17.5 Å². The average molecular weight is 406 g/mol. The first-order chi connectivity index (χ1) is 12.8. The molecule has 0 fully saturated rings. The molecule has 0 unspecified atom stereocenters. The molecule has 1 amide bonds. The molecule has 2 aromatic heterocycles. The smallest absolute Gasteiger partial charge is 0.251 e. The van der Waals surface area contributed by atoms with E-state index in [0.717, 1.165) is 5.56 Å². The second-order valence-corrected chi connectivity index (χ2v) is 8.60. The predicted molar refractivity (Wildman–Crippen MR) is 101 cm³/mol. The molecule has 2 heterocycles. The van der Waals surface area contributed by atoms with Gasteiger partial charge in [-0.1, -0.05) is 6.07 Å². The van der Waals surface area contributed by atoms with Gasteiger partial charge in [0.15, 0.2) is 0 Å². The normalized spacial score (nSPS) is 11.3. The largest absolute Gasteiger partial charge is 0.441 e. The van der Waals surface area contributed by atoms with Crippen LogP contribution in [0.15, 0.2) is 53.2 Å². The van der Waals surface area contributed by atoms with Crippen LogP contribution in [0.5, 0.6) is 0 Å². The summed E-state index contributed by atoms with van der Waals surface area (Å²) in [6.07, 6.45) is 3.36. The first-order valence-electron chi connectivity index (χ1n) is 7.98. The van der Waals surface area contributed by atoms with Crippen molar-refractivity contribution in [2.24, 2.45) is 0 Å². The third-order valence-corrected chi connectivity index (χ3v) is 4.72. The van der Waals surface area contributed by atoms with E-state index in [4.69, 9.17) is 15.1 Å². The highest BCUT2D eigenvalue weighted by Crippen LogP contribution is 2.24. The zero-order valence-electron chi connectivity index (χ0n) is 14.3. The molecule has 27 heavy (non-hydrogen) atoms.